The molecule has 0 aromatic heterocycles. The summed E-state index contributed by atoms with van der Waals surface area (Å²) in [5, 5.41) is 82.3. The number of hydrogen-bond donors (Lipinski definition) is 13. The second kappa shape index (κ2) is 14.1. The first kappa shape index (κ1) is 34.1. The Bertz CT molecular complexity index is 866. The van der Waals surface area contributed by atoms with Gasteiger partial charge in [-0.25, -0.2) is 0 Å². The van der Waals surface area contributed by atoms with Crippen molar-refractivity contribution in [1.29, 1.82) is 0 Å². The van der Waals surface area contributed by atoms with Gasteiger partial charge >= 0.3 is 0 Å². The molecule has 1 aliphatic carbocycles. The van der Waals surface area contributed by atoms with E-state index < -0.39 is 129 Å². The van der Waals surface area contributed by atoms with Gasteiger partial charge in [-0.15, -0.1) is 0 Å². The minimum atomic E-state index is -1.62. The fourth-order valence-electron chi connectivity index (χ4n) is 5.70. The maximum Gasteiger partial charge on any atom is 0.187 e. The van der Waals surface area contributed by atoms with Crippen molar-refractivity contribution in [2.45, 2.75) is 123 Å². The van der Waals surface area contributed by atoms with Crippen molar-refractivity contribution >= 4 is 0 Å². The van der Waals surface area contributed by atoms with Crippen molar-refractivity contribution in [2.24, 2.45) is 28.7 Å². The van der Waals surface area contributed by atoms with Crippen LogP contribution in [0, 0.1) is 0 Å². The van der Waals surface area contributed by atoms with Crippen molar-refractivity contribution in [3.63, 3.8) is 0 Å². The largest absolute Gasteiger partial charge is 0.394 e. The summed E-state index contributed by atoms with van der Waals surface area (Å²) < 4.78 is 34.4. The molecule has 19 nitrogen and oxygen atoms in total. The summed E-state index contributed by atoms with van der Waals surface area (Å²) in [7, 11) is 0. The first-order valence-electron chi connectivity index (χ1n) is 13.8. The van der Waals surface area contributed by atoms with Crippen molar-refractivity contribution in [3.05, 3.63) is 0 Å². The molecule has 246 valence electrons. The highest BCUT2D eigenvalue weighted by atomic mass is 16.8. The van der Waals surface area contributed by atoms with E-state index in [1.54, 1.807) is 0 Å². The Morgan fingerprint density at radius 1 is 0.524 bits per heavy atom. The van der Waals surface area contributed by atoms with E-state index in [9.17, 15) is 40.9 Å². The van der Waals surface area contributed by atoms with E-state index in [-0.39, 0.29) is 13.0 Å². The highest BCUT2D eigenvalue weighted by molar-refractivity contribution is 5.02. The second-order valence-corrected chi connectivity index (χ2v) is 11.2. The van der Waals surface area contributed by atoms with Gasteiger partial charge in [0.05, 0.1) is 31.4 Å². The van der Waals surface area contributed by atoms with Gasteiger partial charge < -0.3 is 97.9 Å². The number of rotatable bonds is 9. The van der Waals surface area contributed by atoms with Gasteiger partial charge in [-0.1, -0.05) is 0 Å². The molecule has 1 saturated carbocycles. The van der Waals surface area contributed by atoms with Crippen LogP contribution in [-0.2, 0) is 28.4 Å². The molecule has 0 aromatic carbocycles. The number of nitrogens with two attached hydrogens (primary N) is 5. The number of aliphatic hydroxyl groups is 8. The average molecular weight is 616 g/mol. The molecule has 7 unspecified atom stereocenters. The maximum absolute atomic E-state index is 11.1. The van der Waals surface area contributed by atoms with E-state index in [2.05, 4.69) is 0 Å². The fraction of sp³-hybridized carbons (Fsp3) is 1.00. The van der Waals surface area contributed by atoms with E-state index in [1.165, 1.54) is 0 Å². The molecule has 0 radical (unpaired) electrons. The number of aliphatic hydroxyl groups excluding tert-OH is 8. The molecule has 42 heavy (non-hydrogen) atoms. The molecule has 0 spiro atoms. The third-order valence-electron chi connectivity index (χ3n) is 8.32. The van der Waals surface area contributed by atoms with Crippen LogP contribution in [0.3, 0.4) is 0 Å². The summed E-state index contributed by atoms with van der Waals surface area (Å²) in [6, 6.07) is -4.30. The van der Waals surface area contributed by atoms with Crippen LogP contribution in [0.15, 0.2) is 0 Å². The summed E-state index contributed by atoms with van der Waals surface area (Å²) in [6.07, 6.45) is -20.5. The predicted molar refractivity (Wildman–Crippen MR) is 136 cm³/mol. The first-order chi connectivity index (χ1) is 19.8. The SMILES string of the molecule is NC[C@@H]1O[C@H](OC2[C@@H](CO)O[C@@H](OC3[C@H](O[C@H]4OC(CO)[C@@H](O)[C@H](O)C4N)C(N)C[C@@H](N)[C@H]3O)[C@H]2O)C(N)C(O)[C@@H]1O. The van der Waals surface area contributed by atoms with Crippen molar-refractivity contribution < 1.29 is 69.3 Å². The highest BCUT2D eigenvalue weighted by Crippen LogP contribution is 2.34. The predicted octanol–water partition coefficient (Wildman–Crippen LogP) is -8.86. The van der Waals surface area contributed by atoms with Crippen LogP contribution in [0.2, 0.25) is 0 Å². The molecule has 0 aromatic rings. The highest BCUT2D eigenvalue weighted by Gasteiger charge is 2.54. The third-order valence-corrected chi connectivity index (χ3v) is 8.32. The third kappa shape index (κ3) is 6.60. The topological polar surface area (TPSA) is 347 Å². The van der Waals surface area contributed by atoms with Crippen LogP contribution in [0.1, 0.15) is 6.42 Å². The normalized spacial score (nSPS) is 53.8. The first-order valence-corrected chi connectivity index (χ1v) is 13.8. The van der Waals surface area contributed by atoms with Gasteiger partial charge in [0.25, 0.3) is 0 Å². The Balaban J connectivity index is 1.50. The molecule has 18 N–H and O–H groups in total. The summed E-state index contributed by atoms with van der Waals surface area (Å²) >= 11 is 0. The molecule has 3 aliphatic heterocycles. The van der Waals surface area contributed by atoms with Crippen LogP contribution < -0.4 is 28.7 Å². The lowest BCUT2D eigenvalue weighted by Crippen LogP contribution is -2.68. The summed E-state index contributed by atoms with van der Waals surface area (Å²) in [6.45, 7) is -1.49. The number of ether oxygens (including phenoxy) is 6. The molecule has 3 heterocycles. The van der Waals surface area contributed by atoms with Gasteiger partial charge in [0.1, 0.15) is 67.1 Å². The standard InChI is InChI=1S/C23H45N5O14/c24-2-7-13(32)15(34)10(27)21(37-7)41-19-9(4-30)39-23(17(19)36)42-20-12(31)5(25)1-6(26)18(20)40-22-11(28)16(35)14(33)8(3-29)38-22/h5-23,29-36H,1-4,24-28H2/t5-,6?,7+,8?,9-,10?,11?,12-,13-,14-,15?,16-,17+,18-,19?,20?,21-,22-,23+/m1/s1. The van der Waals surface area contributed by atoms with Crippen LogP contribution in [0.5, 0.6) is 0 Å². The van der Waals surface area contributed by atoms with Gasteiger partial charge in [-0.2, -0.15) is 0 Å². The van der Waals surface area contributed by atoms with E-state index in [4.69, 9.17) is 57.1 Å². The smallest absolute Gasteiger partial charge is 0.187 e. The monoisotopic (exact) mass is 615 g/mol. The van der Waals surface area contributed by atoms with Gasteiger partial charge in [0.15, 0.2) is 18.9 Å². The molecule has 0 bridgehead atoms. The van der Waals surface area contributed by atoms with E-state index in [0.717, 1.165) is 0 Å². The zero-order valence-electron chi connectivity index (χ0n) is 22.7. The van der Waals surface area contributed by atoms with Crippen LogP contribution in [0.25, 0.3) is 0 Å². The molecule has 4 aliphatic rings. The van der Waals surface area contributed by atoms with Crippen LogP contribution >= 0.6 is 0 Å². The van der Waals surface area contributed by atoms with Gasteiger partial charge in [0, 0.05) is 18.6 Å². The molecule has 19 heteroatoms. The zero-order valence-corrected chi connectivity index (χ0v) is 22.7. The van der Waals surface area contributed by atoms with Crippen molar-refractivity contribution in [2.75, 3.05) is 19.8 Å². The molecule has 19 atom stereocenters. The summed E-state index contributed by atoms with van der Waals surface area (Å²) in [5.74, 6) is 0. The molecular formula is C23H45N5O14. The lowest BCUT2D eigenvalue weighted by molar-refractivity contribution is -0.310. The Kier molecular flexibility index (Phi) is 11.5. The van der Waals surface area contributed by atoms with E-state index in [0.29, 0.717) is 0 Å². The van der Waals surface area contributed by atoms with Gasteiger partial charge in [-0.05, 0) is 6.42 Å². The Morgan fingerprint density at radius 3 is 1.55 bits per heavy atom. The van der Waals surface area contributed by atoms with Crippen LogP contribution in [0.4, 0.5) is 0 Å². The Labute approximate surface area is 240 Å². The maximum atomic E-state index is 11.1. The summed E-state index contributed by atoms with van der Waals surface area (Å²) in [5.41, 5.74) is 29.9. The van der Waals surface area contributed by atoms with Gasteiger partial charge in [0.2, 0.25) is 0 Å². The molecule has 0 amide bonds. The quantitative estimate of drug-likeness (QED) is 0.114. The number of hydrogen-bond acceptors (Lipinski definition) is 19. The minimum Gasteiger partial charge on any atom is -0.394 e. The van der Waals surface area contributed by atoms with E-state index in [1.807, 2.05) is 0 Å². The minimum absolute atomic E-state index is 0.0642. The molecule has 4 fully saturated rings. The van der Waals surface area contributed by atoms with Gasteiger partial charge in [-0.3, -0.25) is 0 Å². The Morgan fingerprint density at radius 2 is 1.00 bits per heavy atom. The van der Waals surface area contributed by atoms with Crippen LogP contribution in [-0.4, -0.2) is 177 Å². The lowest BCUT2D eigenvalue weighted by atomic mass is 9.84. The molecule has 3 saturated heterocycles. The molecule has 4 rings (SSSR count). The average Bonchev–Trinajstić information content (AvgIpc) is 3.27. The second-order valence-electron chi connectivity index (χ2n) is 11.2. The zero-order chi connectivity index (χ0) is 31.0. The Hall–Kier alpha value is -0.760. The van der Waals surface area contributed by atoms with Crippen molar-refractivity contribution in [3.8, 4) is 0 Å². The molecular weight excluding hydrogens is 570 g/mol. The summed E-state index contributed by atoms with van der Waals surface area (Å²) in [4.78, 5) is 0. The van der Waals surface area contributed by atoms with E-state index >= 15 is 0 Å². The van der Waals surface area contributed by atoms with Crippen molar-refractivity contribution in [1.82, 2.24) is 0 Å². The lowest BCUT2D eigenvalue weighted by Gasteiger charge is -2.47. The fourth-order valence-corrected chi connectivity index (χ4v) is 5.70.